The molecule has 1 atom stereocenters. The number of nitrogens with zero attached hydrogens (tertiary/aromatic N) is 2. The number of ether oxygens (including phenoxy) is 1. The van der Waals surface area contributed by atoms with Gasteiger partial charge in [0.1, 0.15) is 9.88 Å². The van der Waals surface area contributed by atoms with Gasteiger partial charge in [0.25, 0.3) is 0 Å². The second-order valence-electron chi connectivity index (χ2n) is 5.78. The Balaban J connectivity index is 0.00000288. The van der Waals surface area contributed by atoms with Crippen LogP contribution in [0.25, 0.3) is 0 Å². The highest BCUT2D eigenvalue weighted by Crippen LogP contribution is 2.31. The topological polar surface area (TPSA) is 75.6 Å². The molecule has 1 heterocycles. The first kappa shape index (κ1) is 21.1. The van der Waals surface area contributed by atoms with Crippen LogP contribution in [0.2, 0.25) is 0 Å². The molecule has 1 aliphatic rings. The summed E-state index contributed by atoms with van der Waals surface area (Å²) in [4.78, 5) is 21.2. The Kier molecular flexibility index (Phi) is 8.96. The lowest BCUT2D eigenvalue weighted by Gasteiger charge is -2.16. The summed E-state index contributed by atoms with van der Waals surface area (Å²) in [5.74, 6) is 1.36. The number of hydrogen-bond donors (Lipinski definition) is 2. The van der Waals surface area contributed by atoms with Gasteiger partial charge in [-0.25, -0.2) is 9.78 Å². The zero-order valence-corrected chi connectivity index (χ0v) is 17.9. The van der Waals surface area contributed by atoms with Crippen molar-refractivity contribution in [3.05, 3.63) is 15.6 Å². The maximum Gasteiger partial charge on any atom is 0.350 e. The number of aromatic nitrogens is 1. The third-order valence-electron chi connectivity index (χ3n) is 3.76. The van der Waals surface area contributed by atoms with E-state index in [9.17, 15) is 4.79 Å². The number of aliphatic imine (C=N–C) groups is 1. The summed E-state index contributed by atoms with van der Waals surface area (Å²) < 4.78 is 5.06. The van der Waals surface area contributed by atoms with Crippen LogP contribution < -0.4 is 10.6 Å². The van der Waals surface area contributed by atoms with Crippen molar-refractivity contribution in [3.8, 4) is 0 Å². The highest BCUT2D eigenvalue weighted by Gasteiger charge is 2.21. The molecule has 1 aromatic heterocycles. The number of carbonyl (C=O) groups is 1. The summed E-state index contributed by atoms with van der Waals surface area (Å²) in [6.07, 6.45) is 3.91. The Hall–Kier alpha value is -0.900. The molecule has 24 heavy (non-hydrogen) atoms. The Morgan fingerprint density at radius 3 is 2.79 bits per heavy atom. The SMILES string of the molecule is CCOC(=O)c1sc(C(C)NC(=NC)NCCC2CC2)nc1C.I. The zero-order valence-electron chi connectivity index (χ0n) is 14.7. The highest BCUT2D eigenvalue weighted by atomic mass is 127. The van der Waals surface area contributed by atoms with Crippen molar-refractivity contribution in [2.75, 3.05) is 20.2 Å². The van der Waals surface area contributed by atoms with Crippen molar-refractivity contribution in [1.29, 1.82) is 0 Å². The van der Waals surface area contributed by atoms with Crippen LogP contribution in [0.5, 0.6) is 0 Å². The van der Waals surface area contributed by atoms with E-state index in [4.69, 9.17) is 4.74 Å². The molecule has 0 saturated heterocycles. The summed E-state index contributed by atoms with van der Waals surface area (Å²) in [6, 6.07) is -0.0194. The molecule has 0 aliphatic heterocycles. The van der Waals surface area contributed by atoms with Crippen molar-refractivity contribution < 1.29 is 9.53 Å². The second-order valence-corrected chi connectivity index (χ2v) is 6.81. The van der Waals surface area contributed by atoms with E-state index in [1.807, 2.05) is 13.8 Å². The monoisotopic (exact) mass is 466 g/mol. The molecular weight excluding hydrogens is 439 g/mol. The summed E-state index contributed by atoms with van der Waals surface area (Å²) in [5, 5.41) is 7.51. The number of aryl methyl sites for hydroxylation is 1. The van der Waals surface area contributed by atoms with Gasteiger partial charge in [-0.1, -0.05) is 12.8 Å². The van der Waals surface area contributed by atoms with Gasteiger partial charge in [0.2, 0.25) is 0 Å². The molecule has 0 aromatic carbocycles. The fraction of sp³-hybridized carbons (Fsp3) is 0.688. The minimum atomic E-state index is -0.298. The largest absolute Gasteiger partial charge is 0.462 e. The van der Waals surface area contributed by atoms with E-state index in [2.05, 4.69) is 20.6 Å². The second kappa shape index (κ2) is 10.2. The Labute approximate surface area is 164 Å². The molecule has 0 spiro atoms. The van der Waals surface area contributed by atoms with E-state index in [-0.39, 0.29) is 36.0 Å². The molecule has 8 heteroatoms. The maximum absolute atomic E-state index is 11.9. The van der Waals surface area contributed by atoms with Crippen LogP contribution in [-0.4, -0.2) is 37.1 Å². The molecule has 2 N–H and O–H groups in total. The fourth-order valence-corrected chi connectivity index (χ4v) is 3.21. The van der Waals surface area contributed by atoms with Gasteiger partial charge in [0.05, 0.1) is 18.3 Å². The summed E-state index contributed by atoms with van der Waals surface area (Å²) in [7, 11) is 1.76. The average molecular weight is 466 g/mol. The highest BCUT2D eigenvalue weighted by molar-refractivity contribution is 14.0. The number of esters is 1. The normalized spacial score (nSPS) is 15.4. The molecule has 1 aromatic rings. The summed E-state index contributed by atoms with van der Waals surface area (Å²) in [6.45, 7) is 6.96. The van der Waals surface area contributed by atoms with Crippen LogP contribution in [0.4, 0.5) is 0 Å². The zero-order chi connectivity index (χ0) is 16.8. The Morgan fingerprint density at radius 1 is 1.50 bits per heavy atom. The third kappa shape index (κ3) is 6.19. The summed E-state index contributed by atoms with van der Waals surface area (Å²) in [5.41, 5.74) is 0.716. The first-order valence-electron chi connectivity index (χ1n) is 8.16. The van der Waals surface area contributed by atoms with E-state index in [1.165, 1.54) is 30.6 Å². The molecule has 2 rings (SSSR count). The van der Waals surface area contributed by atoms with Gasteiger partial charge < -0.3 is 15.4 Å². The average Bonchev–Trinajstić information content (AvgIpc) is 3.26. The standard InChI is InChI=1S/C16H26N4O2S.HI/c1-5-22-15(21)13-10(2)19-14(23-13)11(3)20-16(17-4)18-9-8-12-6-7-12;/h11-12H,5-9H2,1-4H3,(H2,17,18,20);1H. The molecule has 0 bridgehead atoms. The van der Waals surface area contributed by atoms with Gasteiger partial charge in [0.15, 0.2) is 5.96 Å². The maximum atomic E-state index is 11.9. The van der Waals surface area contributed by atoms with Crippen molar-refractivity contribution in [2.24, 2.45) is 10.9 Å². The van der Waals surface area contributed by atoms with Crippen LogP contribution in [-0.2, 0) is 4.74 Å². The van der Waals surface area contributed by atoms with Gasteiger partial charge >= 0.3 is 5.97 Å². The molecule has 0 amide bonds. The number of nitrogens with one attached hydrogen (secondary N) is 2. The van der Waals surface area contributed by atoms with Gasteiger partial charge in [0, 0.05) is 13.6 Å². The van der Waals surface area contributed by atoms with Gasteiger partial charge in [-0.05, 0) is 33.1 Å². The van der Waals surface area contributed by atoms with Gasteiger partial charge in [-0.15, -0.1) is 35.3 Å². The van der Waals surface area contributed by atoms with Crippen molar-refractivity contribution in [3.63, 3.8) is 0 Å². The third-order valence-corrected chi connectivity index (χ3v) is 5.08. The molecule has 1 aliphatic carbocycles. The fourth-order valence-electron chi connectivity index (χ4n) is 2.25. The first-order valence-corrected chi connectivity index (χ1v) is 8.98. The number of carbonyl (C=O) groups excluding carboxylic acids is 1. The quantitative estimate of drug-likeness (QED) is 0.279. The van der Waals surface area contributed by atoms with Crippen molar-refractivity contribution in [2.45, 2.75) is 46.1 Å². The van der Waals surface area contributed by atoms with Gasteiger partial charge in [-0.3, -0.25) is 4.99 Å². The first-order chi connectivity index (χ1) is 11.0. The minimum Gasteiger partial charge on any atom is -0.462 e. The summed E-state index contributed by atoms with van der Waals surface area (Å²) >= 11 is 1.38. The van der Waals surface area contributed by atoms with E-state index in [0.29, 0.717) is 17.2 Å². The number of thiazole rings is 1. The predicted molar refractivity (Wildman–Crippen MR) is 108 cm³/mol. The van der Waals surface area contributed by atoms with Gasteiger partial charge in [-0.2, -0.15) is 0 Å². The molecule has 136 valence electrons. The lowest BCUT2D eigenvalue weighted by atomic mass is 10.3. The Bertz CT molecular complexity index is 572. The number of halogens is 1. The molecular formula is C16H27IN4O2S. The van der Waals surface area contributed by atoms with E-state index >= 15 is 0 Å². The molecule has 1 unspecified atom stereocenters. The van der Waals surface area contributed by atoms with E-state index in [0.717, 1.165) is 23.4 Å². The predicted octanol–water partition coefficient (Wildman–Crippen LogP) is 3.27. The molecule has 6 nitrogen and oxygen atoms in total. The lowest BCUT2D eigenvalue weighted by Crippen LogP contribution is -2.39. The van der Waals surface area contributed by atoms with Crippen molar-refractivity contribution in [1.82, 2.24) is 15.6 Å². The van der Waals surface area contributed by atoms with Crippen LogP contribution in [0, 0.1) is 12.8 Å². The lowest BCUT2D eigenvalue weighted by molar-refractivity contribution is 0.0531. The number of hydrogen-bond acceptors (Lipinski definition) is 5. The van der Waals surface area contributed by atoms with Crippen LogP contribution in [0.3, 0.4) is 0 Å². The Morgan fingerprint density at radius 2 is 2.21 bits per heavy atom. The number of rotatable bonds is 7. The van der Waals surface area contributed by atoms with E-state index in [1.54, 1.807) is 14.0 Å². The van der Waals surface area contributed by atoms with Crippen LogP contribution >= 0.6 is 35.3 Å². The van der Waals surface area contributed by atoms with Crippen LogP contribution in [0.15, 0.2) is 4.99 Å². The van der Waals surface area contributed by atoms with E-state index < -0.39 is 0 Å². The van der Waals surface area contributed by atoms with Crippen molar-refractivity contribution >= 4 is 47.2 Å². The van der Waals surface area contributed by atoms with Crippen LogP contribution in [0.1, 0.15) is 59.5 Å². The molecule has 1 saturated carbocycles. The minimum absolute atomic E-state index is 0. The number of guanidine groups is 1. The molecule has 1 fully saturated rings. The molecule has 0 radical (unpaired) electrons. The smallest absolute Gasteiger partial charge is 0.350 e.